The second kappa shape index (κ2) is 17.2. The van der Waals surface area contributed by atoms with Crippen molar-refractivity contribution in [3.05, 3.63) is 29.8 Å². The number of carbonyl (C=O) groups excluding carboxylic acids is 3. The number of nitrogens with one attached hydrogen (secondary N) is 2. The molecule has 1 saturated carbocycles. The Kier molecular flexibility index (Phi) is 14.5. The third kappa shape index (κ3) is 12.7. The summed E-state index contributed by atoms with van der Waals surface area (Å²) in [6.07, 6.45) is 11.2. The lowest BCUT2D eigenvalue weighted by atomic mass is 9.94. The lowest BCUT2D eigenvalue weighted by Gasteiger charge is -2.36. The Hall–Kier alpha value is -2.77. The average Bonchev–Trinajstić information content (AvgIpc) is 2.89. The van der Waals surface area contributed by atoms with E-state index in [1.807, 2.05) is 13.8 Å². The lowest BCUT2D eigenvalue weighted by molar-refractivity contribution is -0.143. The maximum atomic E-state index is 14.4. The SMILES string of the molecule is CCCCCCCCN(C(=O)C(CC(C)C)NC(=O)OC(C)(C)C)C(C(=O)NC1CCCCC1)c1ccc(O)cc1. The minimum atomic E-state index is -0.879. The van der Waals surface area contributed by atoms with Crippen molar-refractivity contribution >= 4 is 17.9 Å². The molecular formula is C33H55N3O5. The van der Waals surface area contributed by atoms with E-state index in [-0.39, 0.29) is 29.5 Å². The van der Waals surface area contributed by atoms with E-state index in [9.17, 15) is 19.5 Å². The Morgan fingerprint density at radius 1 is 0.976 bits per heavy atom. The molecule has 0 spiro atoms. The predicted octanol–water partition coefficient (Wildman–Crippen LogP) is 7.01. The average molecular weight is 574 g/mol. The topological polar surface area (TPSA) is 108 Å². The zero-order chi connectivity index (χ0) is 30.4. The highest BCUT2D eigenvalue weighted by molar-refractivity contribution is 5.92. The Balaban J connectivity index is 2.42. The first-order chi connectivity index (χ1) is 19.4. The molecule has 3 amide bonds. The number of carbonyl (C=O) groups is 3. The van der Waals surface area contributed by atoms with Crippen molar-refractivity contribution in [3.8, 4) is 5.75 Å². The first-order valence-corrected chi connectivity index (χ1v) is 15.8. The third-order valence-electron chi connectivity index (χ3n) is 7.45. The van der Waals surface area contributed by atoms with Gasteiger partial charge in [-0.15, -0.1) is 0 Å². The van der Waals surface area contributed by atoms with E-state index in [1.54, 1.807) is 49.9 Å². The Bertz CT molecular complexity index is 935. The fourth-order valence-electron chi connectivity index (χ4n) is 5.43. The molecule has 2 atom stereocenters. The fraction of sp³-hybridized carbons (Fsp3) is 0.727. The number of amides is 3. The minimum absolute atomic E-state index is 0.0770. The molecule has 1 aromatic carbocycles. The number of alkyl carbamates (subject to hydrolysis) is 1. The van der Waals surface area contributed by atoms with Crippen molar-refractivity contribution in [1.29, 1.82) is 0 Å². The predicted molar refractivity (Wildman–Crippen MR) is 164 cm³/mol. The number of phenolic OH excluding ortho intramolecular Hbond substituents is 1. The number of hydrogen-bond donors (Lipinski definition) is 3. The Morgan fingerprint density at radius 2 is 1.59 bits per heavy atom. The molecular weight excluding hydrogens is 518 g/mol. The van der Waals surface area contributed by atoms with E-state index in [4.69, 9.17) is 4.74 Å². The molecule has 1 aromatic rings. The summed E-state index contributed by atoms with van der Waals surface area (Å²) in [7, 11) is 0. The van der Waals surface area contributed by atoms with Crippen LogP contribution >= 0.6 is 0 Å². The van der Waals surface area contributed by atoms with Gasteiger partial charge in [-0.1, -0.05) is 84.3 Å². The number of phenols is 1. The number of unbranched alkanes of at least 4 members (excludes halogenated alkanes) is 5. The fourth-order valence-corrected chi connectivity index (χ4v) is 5.43. The van der Waals surface area contributed by atoms with E-state index < -0.39 is 23.8 Å². The van der Waals surface area contributed by atoms with Crippen LogP contribution in [0.3, 0.4) is 0 Å². The van der Waals surface area contributed by atoms with Gasteiger partial charge in [0.05, 0.1) is 0 Å². The third-order valence-corrected chi connectivity index (χ3v) is 7.45. The smallest absolute Gasteiger partial charge is 0.408 e. The zero-order valence-corrected chi connectivity index (χ0v) is 26.3. The number of aromatic hydroxyl groups is 1. The van der Waals surface area contributed by atoms with Gasteiger partial charge >= 0.3 is 6.09 Å². The summed E-state index contributed by atoms with van der Waals surface area (Å²) >= 11 is 0. The van der Waals surface area contributed by atoms with Crippen molar-refractivity contribution in [1.82, 2.24) is 15.5 Å². The van der Waals surface area contributed by atoms with Gasteiger partial charge in [-0.05, 0) is 70.1 Å². The summed E-state index contributed by atoms with van der Waals surface area (Å²) in [5.41, 5.74) is -0.0710. The monoisotopic (exact) mass is 573 g/mol. The summed E-state index contributed by atoms with van der Waals surface area (Å²) in [6.45, 7) is 11.9. The molecule has 8 nitrogen and oxygen atoms in total. The molecule has 1 fully saturated rings. The maximum absolute atomic E-state index is 14.4. The van der Waals surface area contributed by atoms with E-state index in [2.05, 4.69) is 17.6 Å². The Morgan fingerprint density at radius 3 is 2.17 bits per heavy atom. The van der Waals surface area contributed by atoms with Gasteiger partial charge in [0, 0.05) is 12.6 Å². The van der Waals surface area contributed by atoms with Gasteiger partial charge < -0.3 is 25.4 Å². The maximum Gasteiger partial charge on any atom is 0.408 e. The summed E-state index contributed by atoms with van der Waals surface area (Å²) in [5, 5.41) is 16.0. The first kappa shape index (κ1) is 34.4. The summed E-state index contributed by atoms with van der Waals surface area (Å²) in [6, 6.07) is 4.88. The molecule has 3 N–H and O–H groups in total. The molecule has 1 aliphatic carbocycles. The first-order valence-electron chi connectivity index (χ1n) is 15.8. The summed E-state index contributed by atoms with van der Waals surface area (Å²) in [5.74, 6) is -0.297. The van der Waals surface area contributed by atoms with Crippen LogP contribution in [0.2, 0.25) is 0 Å². The van der Waals surface area contributed by atoms with Crippen LogP contribution in [0, 0.1) is 5.92 Å². The second-order valence-corrected chi connectivity index (χ2v) is 13.0. The number of ether oxygens (including phenoxy) is 1. The van der Waals surface area contributed by atoms with Crippen LogP contribution in [0.15, 0.2) is 24.3 Å². The van der Waals surface area contributed by atoms with E-state index in [0.717, 1.165) is 57.8 Å². The van der Waals surface area contributed by atoms with Crippen molar-refractivity contribution in [2.75, 3.05) is 6.54 Å². The molecule has 2 unspecified atom stereocenters. The van der Waals surface area contributed by atoms with Crippen molar-refractivity contribution < 1.29 is 24.2 Å². The molecule has 0 aromatic heterocycles. The highest BCUT2D eigenvalue weighted by Crippen LogP contribution is 2.28. The quantitative estimate of drug-likeness (QED) is 0.196. The minimum Gasteiger partial charge on any atom is -0.508 e. The highest BCUT2D eigenvalue weighted by atomic mass is 16.6. The van der Waals surface area contributed by atoms with Crippen molar-refractivity contribution in [2.24, 2.45) is 5.92 Å². The molecule has 0 saturated heterocycles. The van der Waals surface area contributed by atoms with Gasteiger partial charge in [0.15, 0.2) is 0 Å². The molecule has 0 radical (unpaired) electrons. The normalized spacial score (nSPS) is 15.7. The van der Waals surface area contributed by atoms with Crippen LogP contribution in [0.4, 0.5) is 4.79 Å². The van der Waals surface area contributed by atoms with E-state index >= 15 is 0 Å². The van der Waals surface area contributed by atoms with Gasteiger partial charge in [-0.2, -0.15) is 0 Å². The molecule has 8 heteroatoms. The number of benzene rings is 1. The van der Waals surface area contributed by atoms with E-state index in [0.29, 0.717) is 18.5 Å². The Labute approximate surface area is 248 Å². The van der Waals surface area contributed by atoms with Crippen LogP contribution < -0.4 is 10.6 Å². The molecule has 0 bridgehead atoms. The number of rotatable bonds is 15. The number of nitrogens with zero attached hydrogens (tertiary/aromatic N) is 1. The van der Waals surface area contributed by atoms with Gasteiger partial charge in [-0.25, -0.2) is 4.79 Å². The van der Waals surface area contributed by atoms with Crippen molar-refractivity contribution in [2.45, 2.75) is 142 Å². The standard InChI is InChI=1S/C33H55N3O5/c1-7-8-9-10-11-15-22-36(31(39)28(23-24(2)3)35-32(40)41-33(4,5)6)29(25-18-20-27(37)21-19-25)30(38)34-26-16-13-12-14-17-26/h18-21,24,26,28-29,37H,7-17,22-23H2,1-6H3,(H,34,38)(H,35,40). The highest BCUT2D eigenvalue weighted by Gasteiger charge is 2.37. The summed E-state index contributed by atoms with van der Waals surface area (Å²) < 4.78 is 5.49. The van der Waals surface area contributed by atoms with Gasteiger partial charge in [0.1, 0.15) is 23.4 Å². The van der Waals surface area contributed by atoms with Crippen LogP contribution in [0.5, 0.6) is 5.75 Å². The molecule has 41 heavy (non-hydrogen) atoms. The molecule has 0 aliphatic heterocycles. The molecule has 0 heterocycles. The van der Waals surface area contributed by atoms with Gasteiger partial charge in [0.25, 0.3) is 0 Å². The van der Waals surface area contributed by atoms with Crippen LogP contribution in [0.25, 0.3) is 0 Å². The largest absolute Gasteiger partial charge is 0.508 e. The van der Waals surface area contributed by atoms with Gasteiger partial charge in [0.2, 0.25) is 11.8 Å². The number of hydrogen-bond acceptors (Lipinski definition) is 5. The van der Waals surface area contributed by atoms with Crippen molar-refractivity contribution in [3.63, 3.8) is 0 Å². The zero-order valence-electron chi connectivity index (χ0n) is 26.3. The molecule has 1 aliphatic rings. The van der Waals surface area contributed by atoms with Crippen LogP contribution in [-0.4, -0.2) is 52.1 Å². The second-order valence-electron chi connectivity index (χ2n) is 13.0. The molecule has 232 valence electrons. The van der Waals surface area contributed by atoms with E-state index in [1.165, 1.54) is 12.8 Å². The van der Waals surface area contributed by atoms with Crippen LogP contribution in [-0.2, 0) is 14.3 Å². The summed E-state index contributed by atoms with van der Waals surface area (Å²) in [4.78, 5) is 42.8. The lowest BCUT2D eigenvalue weighted by Crippen LogP contribution is -2.54. The van der Waals surface area contributed by atoms with Crippen LogP contribution in [0.1, 0.15) is 130 Å². The molecule has 2 rings (SSSR count). The van der Waals surface area contributed by atoms with Gasteiger partial charge in [-0.3, -0.25) is 9.59 Å².